The highest BCUT2D eigenvalue weighted by molar-refractivity contribution is 5.93. The molecule has 10 nitrogen and oxygen atoms in total. The van der Waals surface area contributed by atoms with Gasteiger partial charge in [0, 0.05) is 18.6 Å². The Balaban J connectivity index is 1.62. The van der Waals surface area contributed by atoms with Gasteiger partial charge in [-0.3, -0.25) is 0 Å². The Morgan fingerprint density at radius 2 is 1.87 bits per heavy atom. The zero-order chi connectivity index (χ0) is 22.3. The Hall–Kier alpha value is -3.11. The quantitative estimate of drug-likeness (QED) is 0.512. The first kappa shape index (κ1) is 21.1. The van der Waals surface area contributed by atoms with E-state index in [2.05, 4.69) is 0 Å². The molecule has 0 bridgehead atoms. The predicted molar refractivity (Wildman–Crippen MR) is 104 cm³/mol. The molecule has 2 saturated heterocycles. The first-order valence-corrected chi connectivity index (χ1v) is 9.73. The second kappa shape index (κ2) is 7.86. The highest BCUT2D eigenvalue weighted by Crippen LogP contribution is 2.38. The molecule has 0 amide bonds. The van der Waals surface area contributed by atoms with Crippen LogP contribution in [0.1, 0.15) is 31.1 Å². The Morgan fingerprint density at radius 1 is 1.13 bits per heavy atom. The molecule has 31 heavy (non-hydrogen) atoms. The SMILES string of the molecule is CCOC(=O)c1cc2ccc(O[C@@H]3OC(C)(C)[C@H](OC)[C@H]4OC(=O)OC34)cc2oc1=O. The van der Waals surface area contributed by atoms with Crippen LogP contribution in [0.15, 0.2) is 33.5 Å². The number of hydrogen-bond acceptors (Lipinski definition) is 10. The summed E-state index contributed by atoms with van der Waals surface area (Å²) in [6, 6.07) is 6.12. The third-order valence-corrected chi connectivity index (χ3v) is 5.17. The Bertz CT molecular complexity index is 1070. The second-order valence-electron chi connectivity index (χ2n) is 7.65. The van der Waals surface area contributed by atoms with Crippen molar-refractivity contribution >= 4 is 23.1 Å². The number of rotatable bonds is 5. The number of methoxy groups -OCH3 is 1. The third-order valence-electron chi connectivity index (χ3n) is 5.17. The lowest BCUT2D eigenvalue weighted by molar-refractivity contribution is -0.282. The molecule has 0 N–H and O–H groups in total. The van der Waals surface area contributed by atoms with Crippen molar-refractivity contribution in [3.8, 4) is 5.75 Å². The zero-order valence-electron chi connectivity index (χ0n) is 17.4. The van der Waals surface area contributed by atoms with Crippen LogP contribution in [0.25, 0.3) is 11.0 Å². The summed E-state index contributed by atoms with van der Waals surface area (Å²) in [6.07, 6.45) is -3.93. The van der Waals surface area contributed by atoms with E-state index in [4.69, 9.17) is 32.8 Å². The maximum Gasteiger partial charge on any atom is 0.509 e. The van der Waals surface area contributed by atoms with Gasteiger partial charge < -0.3 is 32.8 Å². The van der Waals surface area contributed by atoms with Crippen molar-refractivity contribution in [1.82, 2.24) is 0 Å². The molecule has 0 aliphatic carbocycles. The molecule has 2 fully saturated rings. The van der Waals surface area contributed by atoms with Gasteiger partial charge in [0.15, 0.2) is 6.10 Å². The summed E-state index contributed by atoms with van der Waals surface area (Å²) in [6.45, 7) is 5.36. The van der Waals surface area contributed by atoms with Crippen molar-refractivity contribution in [2.75, 3.05) is 13.7 Å². The van der Waals surface area contributed by atoms with E-state index in [1.54, 1.807) is 32.9 Å². The van der Waals surface area contributed by atoms with Crippen LogP contribution in [0.4, 0.5) is 4.79 Å². The summed E-state index contributed by atoms with van der Waals surface area (Å²) in [5, 5.41) is 0.507. The first-order chi connectivity index (χ1) is 14.7. The molecular formula is C21H22O10. The monoisotopic (exact) mass is 434 g/mol. The highest BCUT2D eigenvalue weighted by Gasteiger charge is 2.58. The fourth-order valence-electron chi connectivity index (χ4n) is 3.82. The van der Waals surface area contributed by atoms with Gasteiger partial charge >= 0.3 is 17.8 Å². The van der Waals surface area contributed by atoms with Crippen molar-refractivity contribution in [2.24, 2.45) is 0 Å². The second-order valence-corrected chi connectivity index (χ2v) is 7.65. The summed E-state index contributed by atoms with van der Waals surface area (Å²) in [5.74, 6) is -0.448. The Morgan fingerprint density at radius 3 is 2.58 bits per heavy atom. The number of carbonyl (C=O) groups excluding carboxylic acids is 2. The Labute approximate surface area is 176 Å². The number of fused-ring (bicyclic) bond motifs is 2. The lowest BCUT2D eigenvalue weighted by atomic mass is 9.89. The molecule has 10 heteroatoms. The number of ether oxygens (including phenoxy) is 6. The lowest BCUT2D eigenvalue weighted by Gasteiger charge is -2.45. The molecule has 4 rings (SSSR count). The van der Waals surface area contributed by atoms with Gasteiger partial charge in [-0.15, -0.1) is 0 Å². The van der Waals surface area contributed by atoms with Gasteiger partial charge in [0.25, 0.3) is 0 Å². The summed E-state index contributed by atoms with van der Waals surface area (Å²) >= 11 is 0. The maximum atomic E-state index is 12.2. The van der Waals surface area contributed by atoms with Crippen LogP contribution in [0, 0.1) is 0 Å². The molecule has 2 aliphatic rings. The number of hydrogen-bond donors (Lipinski definition) is 0. The van der Waals surface area contributed by atoms with Crippen LogP contribution in [0.2, 0.25) is 0 Å². The zero-order valence-corrected chi connectivity index (χ0v) is 17.4. The van der Waals surface area contributed by atoms with Crippen LogP contribution in [0.3, 0.4) is 0 Å². The molecule has 3 heterocycles. The van der Waals surface area contributed by atoms with E-state index < -0.39 is 48.0 Å². The largest absolute Gasteiger partial charge is 0.509 e. The molecule has 1 aromatic carbocycles. The average Bonchev–Trinajstić information content (AvgIpc) is 3.08. The average molecular weight is 434 g/mol. The minimum absolute atomic E-state index is 0.140. The maximum absolute atomic E-state index is 12.2. The van der Waals surface area contributed by atoms with Crippen LogP contribution in [-0.4, -0.2) is 56.0 Å². The van der Waals surface area contributed by atoms with E-state index in [1.165, 1.54) is 19.2 Å². The van der Waals surface area contributed by atoms with Crippen LogP contribution in [-0.2, 0) is 23.7 Å². The van der Waals surface area contributed by atoms with Crippen LogP contribution in [0.5, 0.6) is 5.75 Å². The van der Waals surface area contributed by atoms with Crippen molar-refractivity contribution in [2.45, 2.75) is 51.0 Å². The number of carbonyl (C=O) groups is 2. The molecule has 0 spiro atoms. The predicted octanol–water partition coefficient (Wildman–Crippen LogP) is 2.40. The third kappa shape index (κ3) is 3.84. The molecule has 166 valence electrons. The summed E-state index contributed by atoms with van der Waals surface area (Å²) in [4.78, 5) is 35.8. The van der Waals surface area contributed by atoms with E-state index in [-0.39, 0.29) is 17.8 Å². The van der Waals surface area contributed by atoms with Gasteiger partial charge in [-0.25, -0.2) is 14.4 Å². The molecule has 0 radical (unpaired) electrons. The van der Waals surface area contributed by atoms with E-state index >= 15 is 0 Å². The van der Waals surface area contributed by atoms with E-state index in [0.717, 1.165) is 0 Å². The van der Waals surface area contributed by atoms with Crippen molar-refractivity contribution < 1.29 is 42.4 Å². The molecule has 2 aliphatic heterocycles. The van der Waals surface area contributed by atoms with Gasteiger partial charge in [-0.2, -0.15) is 0 Å². The van der Waals surface area contributed by atoms with Crippen molar-refractivity contribution in [3.05, 3.63) is 40.2 Å². The minimum Gasteiger partial charge on any atom is -0.462 e. The van der Waals surface area contributed by atoms with Gasteiger partial charge in [-0.1, -0.05) is 0 Å². The van der Waals surface area contributed by atoms with Crippen LogP contribution < -0.4 is 10.4 Å². The molecule has 1 unspecified atom stereocenters. The van der Waals surface area contributed by atoms with Crippen LogP contribution >= 0.6 is 0 Å². The number of esters is 1. The van der Waals surface area contributed by atoms with Crippen molar-refractivity contribution in [1.29, 1.82) is 0 Å². The Kier molecular flexibility index (Phi) is 5.36. The topological polar surface area (TPSA) is 120 Å². The summed E-state index contributed by atoms with van der Waals surface area (Å²) in [7, 11) is 1.50. The smallest absolute Gasteiger partial charge is 0.462 e. The molecule has 4 atom stereocenters. The summed E-state index contributed by atoms with van der Waals surface area (Å²) < 4.78 is 38.0. The number of benzene rings is 1. The first-order valence-electron chi connectivity index (χ1n) is 9.73. The van der Waals surface area contributed by atoms with E-state index in [9.17, 15) is 14.4 Å². The molecule has 2 aromatic rings. The van der Waals surface area contributed by atoms with Crippen molar-refractivity contribution in [3.63, 3.8) is 0 Å². The van der Waals surface area contributed by atoms with Gasteiger partial charge in [-0.05, 0) is 39.0 Å². The highest BCUT2D eigenvalue weighted by atomic mass is 16.8. The van der Waals surface area contributed by atoms with E-state index in [1.807, 2.05) is 0 Å². The lowest BCUT2D eigenvalue weighted by Crippen LogP contribution is -2.62. The van der Waals surface area contributed by atoms with Gasteiger partial charge in [0.1, 0.15) is 23.0 Å². The van der Waals surface area contributed by atoms with Gasteiger partial charge in [0.2, 0.25) is 12.4 Å². The molecule has 1 aromatic heterocycles. The molecule has 0 saturated carbocycles. The summed E-state index contributed by atoms with van der Waals surface area (Å²) in [5.41, 5.74) is -1.65. The molecular weight excluding hydrogens is 412 g/mol. The van der Waals surface area contributed by atoms with E-state index in [0.29, 0.717) is 11.1 Å². The normalized spacial score (nSPS) is 26.6. The fraction of sp³-hybridized carbons (Fsp3) is 0.476. The van der Waals surface area contributed by atoms with Gasteiger partial charge in [0.05, 0.1) is 12.2 Å². The fourth-order valence-corrected chi connectivity index (χ4v) is 3.82. The standard InChI is InChI=1S/C21H22O10/c1-5-26-17(22)12-8-10-6-7-11(9-13(10)28-18(12)23)27-19-15-14(29-20(24)30-15)16(25-4)21(2,3)31-19/h6-9,14-16,19H,5H2,1-4H3/t14-,15?,16+,19+/m0/s1. The minimum atomic E-state index is -0.985.